The number of nitrogens with one attached hydrogen (secondary N) is 1. The minimum atomic E-state index is -0.0227. The lowest BCUT2D eigenvalue weighted by molar-refractivity contribution is 0.0303. The fourth-order valence-corrected chi connectivity index (χ4v) is 3.94. The lowest BCUT2D eigenvalue weighted by Gasteiger charge is -2.28. The molecule has 1 aliphatic heterocycles. The Bertz CT molecular complexity index is 1020. The number of ether oxygens (including phenoxy) is 1. The second-order valence-corrected chi connectivity index (χ2v) is 8.12. The van der Waals surface area contributed by atoms with Gasteiger partial charge in [-0.1, -0.05) is 41.9 Å². The van der Waals surface area contributed by atoms with E-state index in [4.69, 9.17) is 16.3 Å². The van der Waals surface area contributed by atoms with Gasteiger partial charge in [-0.3, -0.25) is 9.78 Å². The third-order valence-corrected chi connectivity index (χ3v) is 5.69. The van der Waals surface area contributed by atoms with Gasteiger partial charge in [0.05, 0.1) is 30.0 Å². The van der Waals surface area contributed by atoms with Gasteiger partial charge in [0.15, 0.2) is 0 Å². The van der Waals surface area contributed by atoms with Crippen LogP contribution in [0.1, 0.15) is 29.3 Å². The Morgan fingerprint density at radius 2 is 1.97 bits per heavy atom. The van der Waals surface area contributed by atoms with Crippen LogP contribution in [0.3, 0.4) is 0 Å². The lowest BCUT2D eigenvalue weighted by atomic mass is 10.0. The monoisotopic (exact) mass is 423 g/mol. The summed E-state index contributed by atoms with van der Waals surface area (Å²) in [7, 11) is 0. The molecule has 0 spiro atoms. The van der Waals surface area contributed by atoms with Crippen molar-refractivity contribution in [2.24, 2.45) is 0 Å². The first-order chi connectivity index (χ1) is 14.6. The van der Waals surface area contributed by atoms with Gasteiger partial charge in [-0.15, -0.1) is 0 Å². The zero-order chi connectivity index (χ0) is 20.9. The van der Waals surface area contributed by atoms with Gasteiger partial charge in [-0.05, 0) is 43.5 Å². The van der Waals surface area contributed by atoms with Crippen LogP contribution in [0.4, 0.5) is 5.69 Å². The molecule has 2 heterocycles. The number of hydrogen-bond acceptors (Lipinski definition) is 4. The van der Waals surface area contributed by atoms with Gasteiger partial charge in [-0.25, -0.2) is 0 Å². The maximum absolute atomic E-state index is 13.3. The highest BCUT2D eigenvalue weighted by molar-refractivity contribution is 6.31. The number of aromatic nitrogens is 1. The first kappa shape index (κ1) is 20.6. The number of benzene rings is 2. The quantitative estimate of drug-likeness (QED) is 0.619. The van der Waals surface area contributed by atoms with E-state index in [1.807, 2.05) is 29.2 Å². The minimum Gasteiger partial charge on any atom is -0.381 e. The molecule has 30 heavy (non-hydrogen) atoms. The molecule has 3 aromatic rings. The number of morpholine rings is 1. The van der Waals surface area contributed by atoms with Crippen LogP contribution in [0.2, 0.25) is 5.02 Å². The number of anilines is 1. The number of pyridine rings is 1. The van der Waals surface area contributed by atoms with Crippen molar-refractivity contribution in [2.45, 2.75) is 25.8 Å². The summed E-state index contributed by atoms with van der Waals surface area (Å²) in [6.07, 6.45) is 3.59. The van der Waals surface area contributed by atoms with Crippen LogP contribution in [0.5, 0.6) is 0 Å². The molecule has 1 saturated heterocycles. The van der Waals surface area contributed by atoms with Crippen molar-refractivity contribution in [2.75, 3.05) is 31.6 Å². The first-order valence-electron chi connectivity index (χ1n) is 10.4. The van der Waals surface area contributed by atoms with Crippen LogP contribution in [0, 0.1) is 0 Å². The van der Waals surface area contributed by atoms with Gasteiger partial charge >= 0.3 is 0 Å². The van der Waals surface area contributed by atoms with E-state index < -0.39 is 0 Å². The number of amides is 1. The van der Waals surface area contributed by atoms with Crippen LogP contribution in [-0.2, 0) is 11.2 Å². The van der Waals surface area contributed by atoms with Gasteiger partial charge < -0.3 is 15.0 Å². The molecule has 1 aliphatic rings. The van der Waals surface area contributed by atoms with Crippen LogP contribution in [0.25, 0.3) is 10.9 Å². The highest BCUT2D eigenvalue weighted by atomic mass is 35.5. The van der Waals surface area contributed by atoms with E-state index in [0.29, 0.717) is 36.9 Å². The summed E-state index contributed by atoms with van der Waals surface area (Å²) in [6, 6.07) is 16.2. The van der Waals surface area contributed by atoms with Crippen molar-refractivity contribution >= 4 is 34.1 Å². The van der Waals surface area contributed by atoms with Crippen molar-refractivity contribution in [1.82, 2.24) is 9.88 Å². The fourth-order valence-electron chi connectivity index (χ4n) is 3.77. The van der Waals surface area contributed by atoms with E-state index in [2.05, 4.69) is 41.5 Å². The van der Waals surface area contributed by atoms with Gasteiger partial charge in [0, 0.05) is 35.7 Å². The standard InChI is InChI=1S/C24H26ClN3O2/c1-17(7-8-18-5-3-2-4-6-18)27-23-20-15-19(25)9-10-22(20)26-16-21(23)24(29)28-11-13-30-14-12-28/h2-6,9-10,15-17H,7-8,11-14H2,1H3,(H,26,27)/t17-/m1/s1. The fraction of sp³-hybridized carbons (Fsp3) is 0.333. The van der Waals surface area contributed by atoms with Crippen LogP contribution in [-0.4, -0.2) is 48.1 Å². The third kappa shape index (κ3) is 4.74. The van der Waals surface area contributed by atoms with Crippen LogP contribution >= 0.6 is 11.6 Å². The Hall–Kier alpha value is -2.63. The number of fused-ring (bicyclic) bond motifs is 1. The molecular formula is C24H26ClN3O2. The molecule has 156 valence electrons. The Balaban J connectivity index is 1.62. The summed E-state index contributed by atoms with van der Waals surface area (Å²) >= 11 is 6.28. The molecule has 0 aliphatic carbocycles. The average Bonchev–Trinajstić information content (AvgIpc) is 2.79. The molecule has 0 unspecified atom stereocenters. The molecule has 0 bridgehead atoms. The van der Waals surface area contributed by atoms with Crippen molar-refractivity contribution in [1.29, 1.82) is 0 Å². The molecule has 6 heteroatoms. The normalized spacial score (nSPS) is 15.2. The van der Waals surface area contributed by atoms with Crippen molar-refractivity contribution in [3.8, 4) is 0 Å². The molecule has 0 saturated carbocycles. The lowest BCUT2D eigenvalue weighted by Crippen LogP contribution is -2.41. The second-order valence-electron chi connectivity index (χ2n) is 7.68. The number of rotatable bonds is 6. The Morgan fingerprint density at radius 1 is 1.20 bits per heavy atom. The molecule has 0 radical (unpaired) electrons. The van der Waals surface area contributed by atoms with E-state index in [9.17, 15) is 4.79 Å². The SMILES string of the molecule is C[C@H](CCc1ccccc1)Nc1c(C(=O)N2CCOCC2)cnc2ccc(Cl)cc12. The number of halogens is 1. The van der Waals surface area contributed by atoms with E-state index >= 15 is 0 Å². The second kappa shape index (κ2) is 9.45. The van der Waals surface area contributed by atoms with Crippen molar-refractivity contribution < 1.29 is 9.53 Å². The highest BCUT2D eigenvalue weighted by Crippen LogP contribution is 2.30. The summed E-state index contributed by atoms with van der Waals surface area (Å²) < 4.78 is 5.40. The maximum Gasteiger partial charge on any atom is 0.257 e. The predicted molar refractivity (Wildman–Crippen MR) is 121 cm³/mol. The molecule has 5 nitrogen and oxygen atoms in total. The van der Waals surface area contributed by atoms with Gasteiger partial charge in [0.1, 0.15) is 0 Å². The maximum atomic E-state index is 13.3. The average molecular weight is 424 g/mol. The molecule has 4 rings (SSSR count). The van der Waals surface area contributed by atoms with E-state index in [0.717, 1.165) is 29.4 Å². The van der Waals surface area contributed by atoms with E-state index in [1.165, 1.54) is 5.56 Å². The predicted octanol–water partition coefficient (Wildman–Crippen LogP) is 4.79. The molecule has 1 N–H and O–H groups in total. The summed E-state index contributed by atoms with van der Waals surface area (Å²) in [5.74, 6) is -0.0227. The Morgan fingerprint density at radius 3 is 2.73 bits per heavy atom. The molecule has 2 aromatic carbocycles. The first-order valence-corrected chi connectivity index (χ1v) is 10.8. The van der Waals surface area contributed by atoms with E-state index in [-0.39, 0.29) is 11.9 Å². The zero-order valence-corrected chi connectivity index (χ0v) is 17.9. The highest BCUT2D eigenvalue weighted by Gasteiger charge is 2.23. The largest absolute Gasteiger partial charge is 0.381 e. The number of aryl methyl sites for hydroxylation is 1. The summed E-state index contributed by atoms with van der Waals surface area (Å²) in [6.45, 7) is 4.46. The van der Waals surface area contributed by atoms with Crippen molar-refractivity contribution in [3.05, 3.63) is 70.9 Å². The molecule has 1 amide bonds. The molecule has 1 atom stereocenters. The van der Waals surface area contributed by atoms with Gasteiger partial charge in [0.25, 0.3) is 5.91 Å². The summed E-state index contributed by atoms with van der Waals surface area (Å²) in [5, 5.41) is 5.09. The van der Waals surface area contributed by atoms with Crippen LogP contribution < -0.4 is 5.32 Å². The van der Waals surface area contributed by atoms with E-state index in [1.54, 1.807) is 6.20 Å². The third-order valence-electron chi connectivity index (χ3n) is 5.46. The Labute approximate surface area is 182 Å². The zero-order valence-electron chi connectivity index (χ0n) is 17.1. The number of carbonyl (C=O) groups is 1. The smallest absolute Gasteiger partial charge is 0.257 e. The molecular weight excluding hydrogens is 398 g/mol. The summed E-state index contributed by atoms with van der Waals surface area (Å²) in [5.41, 5.74) is 3.51. The summed E-state index contributed by atoms with van der Waals surface area (Å²) in [4.78, 5) is 19.6. The van der Waals surface area contributed by atoms with Gasteiger partial charge in [0.2, 0.25) is 0 Å². The van der Waals surface area contributed by atoms with Gasteiger partial charge in [-0.2, -0.15) is 0 Å². The minimum absolute atomic E-state index is 0.0227. The molecule has 1 fully saturated rings. The number of hydrogen-bond donors (Lipinski definition) is 1. The molecule has 1 aromatic heterocycles. The topological polar surface area (TPSA) is 54.5 Å². The number of nitrogens with zero attached hydrogens (tertiary/aromatic N) is 2. The van der Waals surface area contributed by atoms with Crippen LogP contribution in [0.15, 0.2) is 54.7 Å². The Kier molecular flexibility index (Phi) is 6.50. The number of carbonyl (C=O) groups excluding carboxylic acids is 1. The van der Waals surface area contributed by atoms with Crippen molar-refractivity contribution in [3.63, 3.8) is 0 Å².